The number of nitrogens with zero attached hydrogens (tertiary/aromatic N) is 2. The highest BCUT2D eigenvalue weighted by Gasteiger charge is 2.41. The minimum absolute atomic E-state index is 0.0542. The third-order valence-electron chi connectivity index (χ3n) is 4.14. The Balaban J connectivity index is 1.56. The summed E-state index contributed by atoms with van der Waals surface area (Å²) < 4.78 is 5.06. The second-order valence-corrected chi connectivity index (χ2v) is 5.70. The van der Waals surface area contributed by atoms with Crippen molar-refractivity contribution >= 4 is 11.8 Å². The Morgan fingerprint density at radius 1 is 1.45 bits per heavy atom. The van der Waals surface area contributed by atoms with Crippen molar-refractivity contribution in [3.8, 4) is 0 Å². The van der Waals surface area contributed by atoms with Crippen molar-refractivity contribution in [3.05, 3.63) is 17.0 Å². The lowest BCUT2D eigenvalue weighted by Crippen LogP contribution is -2.33. The normalized spacial score (nSPS) is 22.4. The highest BCUT2D eigenvalue weighted by Crippen LogP contribution is 2.32. The molecule has 1 aromatic rings. The number of likely N-dealkylation sites (tertiary alicyclic amines) is 1. The fourth-order valence-corrected chi connectivity index (χ4v) is 2.72. The highest BCUT2D eigenvalue weighted by atomic mass is 16.5. The van der Waals surface area contributed by atoms with Crippen LogP contribution in [-0.4, -0.2) is 34.5 Å². The fraction of sp³-hybridized carbons (Fsp3) is 0.643. The number of rotatable bonds is 4. The van der Waals surface area contributed by atoms with E-state index in [4.69, 9.17) is 4.52 Å². The summed E-state index contributed by atoms with van der Waals surface area (Å²) in [5.74, 6) is 0.569. The van der Waals surface area contributed by atoms with Crippen LogP contribution >= 0.6 is 0 Å². The Kier molecular flexibility index (Phi) is 3.23. The van der Waals surface area contributed by atoms with E-state index in [0.29, 0.717) is 25.6 Å². The van der Waals surface area contributed by atoms with E-state index >= 15 is 0 Å². The van der Waals surface area contributed by atoms with Gasteiger partial charge in [0, 0.05) is 31.1 Å². The van der Waals surface area contributed by atoms with E-state index in [2.05, 4.69) is 10.5 Å². The monoisotopic (exact) mass is 277 g/mol. The van der Waals surface area contributed by atoms with Crippen LogP contribution in [0.15, 0.2) is 4.52 Å². The van der Waals surface area contributed by atoms with E-state index < -0.39 is 0 Å². The van der Waals surface area contributed by atoms with Crippen LogP contribution in [0.4, 0.5) is 0 Å². The molecule has 1 unspecified atom stereocenters. The molecule has 0 spiro atoms. The van der Waals surface area contributed by atoms with Crippen LogP contribution in [0.1, 0.15) is 36.3 Å². The van der Waals surface area contributed by atoms with Crippen molar-refractivity contribution in [2.24, 2.45) is 5.92 Å². The Bertz CT molecular complexity index is 528. The van der Waals surface area contributed by atoms with E-state index in [1.54, 1.807) is 0 Å². The van der Waals surface area contributed by atoms with E-state index in [0.717, 1.165) is 29.9 Å². The third-order valence-corrected chi connectivity index (χ3v) is 4.14. The SMILES string of the molecule is Cc1noc(C)c1CNC(=O)C1CC(=O)N(C2CC2)C1. The van der Waals surface area contributed by atoms with Gasteiger partial charge in [-0.15, -0.1) is 0 Å². The molecule has 0 bridgehead atoms. The Morgan fingerprint density at radius 3 is 2.80 bits per heavy atom. The van der Waals surface area contributed by atoms with Gasteiger partial charge in [-0.05, 0) is 26.7 Å². The Hall–Kier alpha value is -1.85. The molecular formula is C14H19N3O3. The highest BCUT2D eigenvalue weighted by molar-refractivity contribution is 5.89. The number of aromatic nitrogens is 1. The topological polar surface area (TPSA) is 75.4 Å². The molecule has 1 aromatic heterocycles. The molecule has 1 aliphatic heterocycles. The van der Waals surface area contributed by atoms with Crippen molar-refractivity contribution in [2.45, 2.75) is 45.7 Å². The van der Waals surface area contributed by atoms with Gasteiger partial charge in [-0.2, -0.15) is 0 Å². The van der Waals surface area contributed by atoms with Gasteiger partial charge < -0.3 is 14.7 Å². The first-order chi connectivity index (χ1) is 9.56. The minimum atomic E-state index is -0.219. The second-order valence-electron chi connectivity index (χ2n) is 5.70. The average molecular weight is 277 g/mol. The summed E-state index contributed by atoms with van der Waals surface area (Å²) in [6.45, 7) is 4.66. The first-order valence-electron chi connectivity index (χ1n) is 7.05. The molecule has 2 aliphatic rings. The molecule has 0 aromatic carbocycles. The number of amides is 2. The van der Waals surface area contributed by atoms with Crippen LogP contribution < -0.4 is 5.32 Å². The number of aryl methyl sites for hydroxylation is 2. The van der Waals surface area contributed by atoms with Crippen molar-refractivity contribution in [1.29, 1.82) is 0 Å². The van der Waals surface area contributed by atoms with Crippen LogP contribution in [0.3, 0.4) is 0 Å². The lowest BCUT2D eigenvalue weighted by molar-refractivity contribution is -0.129. The quantitative estimate of drug-likeness (QED) is 0.888. The second kappa shape index (κ2) is 4.92. The maximum Gasteiger partial charge on any atom is 0.225 e. The van der Waals surface area contributed by atoms with Gasteiger partial charge in [0.2, 0.25) is 11.8 Å². The van der Waals surface area contributed by atoms with E-state index in [9.17, 15) is 9.59 Å². The van der Waals surface area contributed by atoms with Gasteiger partial charge in [0.05, 0.1) is 11.6 Å². The van der Waals surface area contributed by atoms with Gasteiger partial charge in [-0.3, -0.25) is 9.59 Å². The molecule has 3 rings (SSSR count). The lowest BCUT2D eigenvalue weighted by Gasteiger charge is -2.15. The molecule has 2 amide bonds. The Morgan fingerprint density at radius 2 is 2.20 bits per heavy atom. The predicted octanol–water partition coefficient (Wildman–Crippen LogP) is 0.919. The van der Waals surface area contributed by atoms with E-state index in [-0.39, 0.29) is 17.7 Å². The number of hydrogen-bond donors (Lipinski definition) is 1. The minimum Gasteiger partial charge on any atom is -0.361 e. The molecular weight excluding hydrogens is 258 g/mol. The number of carbonyl (C=O) groups is 2. The average Bonchev–Trinajstić information content (AvgIpc) is 3.11. The van der Waals surface area contributed by atoms with E-state index in [1.807, 2.05) is 18.7 Å². The molecule has 1 saturated carbocycles. The molecule has 1 atom stereocenters. The summed E-state index contributed by atoms with van der Waals surface area (Å²) >= 11 is 0. The summed E-state index contributed by atoms with van der Waals surface area (Å²) in [6.07, 6.45) is 2.50. The Labute approximate surface area is 117 Å². The summed E-state index contributed by atoms with van der Waals surface area (Å²) in [7, 11) is 0. The zero-order chi connectivity index (χ0) is 14.3. The fourth-order valence-electron chi connectivity index (χ4n) is 2.72. The maximum atomic E-state index is 12.2. The largest absolute Gasteiger partial charge is 0.361 e. The van der Waals surface area contributed by atoms with Gasteiger partial charge >= 0.3 is 0 Å². The molecule has 1 N–H and O–H groups in total. The molecule has 108 valence electrons. The van der Waals surface area contributed by atoms with Crippen molar-refractivity contribution < 1.29 is 14.1 Å². The molecule has 20 heavy (non-hydrogen) atoms. The molecule has 6 nitrogen and oxygen atoms in total. The predicted molar refractivity (Wildman–Crippen MR) is 70.7 cm³/mol. The molecule has 1 aliphatic carbocycles. The molecule has 0 radical (unpaired) electrons. The van der Waals surface area contributed by atoms with Crippen molar-refractivity contribution in [1.82, 2.24) is 15.4 Å². The van der Waals surface area contributed by atoms with Crippen LogP contribution in [0.2, 0.25) is 0 Å². The summed E-state index contributed by atoms with van der Waals surface area (Å²) in [5, 5.41) is 6.75. The van der Waals surface area contributed by atoms with E-state index in [1.165, 1.54) is 0 Å². The zero-order valence-corrected chi connectivity index (χ0v) is 11.8. The van der Waals surface area contributed by atoms with Gasteiger partial charge in [-0.1, -0.05) is 5.16 Å². The molecule has 2 heterocycles. The first kappa shape index (κ1) is 13.1. The zero-order valence-electron chi connectivity index (χ0n) is 11.8. The lowest BCUT2D eigenvalue weighted by atomic mass is 10.1. The number of nitrogens with one attached hydrogen (secondary N) is 1. The maximum absolute atomic E-state index is 12.2. The van der Waals surface area contributed by atoms with Gasteiger partial charge in [0.1, 0.15) is 5.76 Å². The summed E-state index contributed by atoms with van der Waals surface area (Å²) in [6, 6.07) is 0.392. The van der Waals surface area contributed by atoms with Gasteiger partial charge in [0.15, 0.2) is 0 Å². The van der Waals surface area contributed by atoms with Crippen LogP contribution in [0, 0.1) is 19.8 Å². The number of carbonyl (C=O) groups excluding carboxylic acids is 2. The van der Waals surface area contributed by atoms with Gasteiger partial charge in [0.25, 0.3) is 0 Å². The van der Waals surface area contributed by atoms with Gasteiger partial charge in [-0.25, -0.2) is 0 Å². The van der Waals surface area contributed by atoms with Crippen LogP contribution in [-0.2, 0) is 16.1 Å². The molecule has 2 fully saturated rings. The third kappa shape index (κ3) is 2.42. The first-order valence-corrected chi connectivity index (χ1v) is 7.05. The molecule has 1 saturated heterocycles. The van der Waals surface area contributed by atoms with Crippen LogP contribution in [0.25, 0.3) is 0 Å². The van der Waals surface area contributed by atoms with Crippen LogP contribution in [0.5, 0.6) is 0 Å². The van der Waals surface area contributed by atoms with Crippen molar-refractivity contribution in [3.63, 3.8) is 0 Å². The smallest absolute Gasteiger partial charge is 0.225 e. The standard InChI is InChI=1S/C14H19N3O3/c1-8-12(9(2)20-16-8)6-15-14(19)10-5-13(18)17(7-10)11-3-4-11/h10-11H,3-7H2,1-2H3,(H,15,19). The summed E-state index contributed by atoms with van der Waals surface area (Å²) in [5.41, 5.74) is 1.71. The summed E-state index contributed by atoms with van der Waals surface area (Å²) in [4.78, 5) is 25.9. The molecule has 6 heteroatoms. The number of hydrogen-bond acceptors (Lipinski definition) is 4. The van der Waals surface area contributed by atoms with Crippen molar-refractivity contribution in [2.75, 3.05) is 6.54 Å².